The molecular formula is C21H32N4O5. The molecule has 0 aromatic heterocycles. The number of carbonyl (C=O) groups excluding carboxylic acids is 2. The molecule has 1 aromatic rings. The van der Waals surface area contributed by atoms with Gasteiger partial charge in [-0.15, -0.1) is 0 Å². The van der Waals surface area contributed by atoms with Crippen molar-refractivity contribution < 1.29 is 24.2 Å². The number of amides is 2. The van der Waals surface area contributed by atoms with Crippen molar-refractivity contribution in [3.63, 3.8) is 0 Å². The van der Waals surface area contributed by atoms with E-state index in [2.05, 4.69) is 20.9 Å². The smallest absolute Gasteiger partial charge is 0.407 e. The number of benzene rings is 1. The number of nitrogens with one attached hydrogen (secondary N) is 3. The maximum absolute atomic E-state index is 12.2. The predicted molar refractivity (Wildman–Crippen MR) is 111 cm³/mol. The first-order chi connectivity index (χ1) is 14.4. The third-order valence-electron chi connectivity index (χ3n) is 5.60. The second-order valence-corrected chi connectivity index (χ2v) is 7.92. The average molecular weight is 421 g/mol. The van der Waals surface area contributed by atoms with Crippen LogP contribution in [0.15, 0.2) is 24.3 Å². The van der Waals surface area contributed by atoms with E-state index in [1.54, 1.807) is 7.11 Å². The molecule has 0 aliphatic carbocycles. The molecule has 0 unspecified atom stereocenters. The SMILES string of the molecule is COc1ccc(C[C@H]2NC[C@H](O)[C@H]2OC(=O)NCCN2CC[C@H](NC(C)=O)C2)cc1. The van der Waals surface area contributed by atoms with Gasteiger partial charge in [-0.3, -0.25) is 9.69 Å². The van der Waals surface area contributed by atoms with Crippen molar-refractivity contribution in [2.45, 2.75) is 44.1 Å². The molecule has 9 heteroatoms. The summed E-state index contributed by atoms with van der Waals surface area (Å²) in [5, 5.41) is 19.2. The molecule has 4 atom stereocenters. The first-order valence-corrected chi connectivity index (χ1v) is 10.4. The molecule has 0 radical (unpaired) electrons. The Morgan fingerprint density at radius 2 is 2.07 bits per heavy atom. The van der Waals surface area contributed by atoms with Crippen molar-refractivity contribution in [2.24, 2.45) is 0 Å². The van der Waals surface area contributed by atoms with Crippen LogP contribution in [0.5, 0.6) is 5.75 Å². The van der Waals surface area contributed by atoms with Gasteiger partial charge in [0.05, 0.1) is 13.2 Å². The number of ether oxygens (including phenoxy) is 2. The van der Waals surface area contributed by atoms with Gasteiger partial charge in [0.2, 0.25) is 5.91 Å². The standard InChI is InChI=1S/C21H32N4O5/c1-14(26)24-16-7-9-25(13-16)10-8-22-21(28)30-20-18(23-12-19(20)27)11-15-3-5-17(29-2)6-4-15/h3-6,16,18-20,23,27H,7-13H2,1-2H3,(H,22,28)(H,24,26)/t16-,18+,19-,20-/m0/s1. The summed E-state index contributed by atoms with van der Waals surface area (Å²) >= 11 is 0. The van der Waals surface area contributed by atoms with E-state index in [9.17, 15) is 14.7 Å². The summed E-state index contributed by atoms with van der Waals surface area (Å²) in [4.78, 5) is 25.6. The molecule has 2 fully saturated rings. The number of carbonyl (C=O) groups is 2. The molecule has 1 aromatic carbocycles. The van der Waals surface area contributed by atoms with Gasteiger partial charge in [0.15, 0.2) is 0 Å². The van der Waals surface area contributed by atoms with E-state index in [0.29, 0.717) is 26.1 Å². The Kier molecular flexibility index (Phi) is 7.89. The van der Waals surface area contributed by atoms with Crippen molar-refractivity contribution >= 4 is 12.0 Å². The van der Waals surface area contributed by atoms with Gasteiger partial charge in [-0.05, 0) is 30.5 Å². The first-order valence-electron chi connectivity index (χ1n) is 10.4. The number of alkyl carbamates (subject to hydrolysis) is 1. The van der Waals surface area contributed by atoms with E-state index in [1.165, 1.54) is 6.92 Å². The number of rotatable bonds is 8. The van der Waals surface area contributed by atoms with Gasteiger partial charge >= 0.3 is 6.09 Å². The second kappa shape index (κ2) is 10.6. The third-order valence-corrected chi connectivity index (χ3v) is 5.60. The van der Waals surface area contributed by atoms with Crippen molar-refractivity contribution in [1.29, 1.82) is 0 Å². The number of hydrogen-bond acceptors (Lipinski definition) is 7. The Balaban J connectivity index is 1.41. The van der Waals surface area contributed by atoms with Gasteiger partial charge < -0.3 is 30.5 Å². The topological polar surface area (TPSA) is 112 Å². The normalized spacial score (nSPS) is 26.4. The van der Waals surface area contributed by atoms with Crippen molar-refractivity contribution in [1.82, 2.24) is 20.9 Å². The molecule has 0 bridgehead atoms. The van der Waals surface area contributed by atoms with Crippen molar-refractivity contribution in [3.05, 3.63) is 29.8 Å². The molecule has 4 N–H and O–H groups in total. The van der Waals surface area contributed by atoms with Gasteiger partial charge in [0.1, 0.15) is 18.0 Å². The van der Waals surface area contributed by atoms with Crippen molar-refractivity contribution in [3.8, 4) is 5.75 Å². The third kappa shape index (κ3) is 6.32. The minimum atomic E-state index is -0.740. The summed E-state index contributed by atoms with van der Waals surface area (Å²) in [5.74, 6) is 0.767. The van der Waals surface area contributed by atoms with Crippen LogP contribution in [0.25, 0.3) is 0 Å². The van der Waals surface area contributed by atoms with E-state index in [0.717, 1.165) is 30.8 Å². The molecule has 9 nitrogen and oxygen atoms in total. The zero-order valence-corrected chi connectivity index (χ0v) is 17.6. The van der Waals surface area contributed by atoms with E-state index >= 15 is 0 Å². The van der Waals surface area contributed by atoms with Crippen LogP contribution < -0.4 is 20.7 Å². The summed E-state index contributed by atoms with van der Waals surface area (Å²) in [6.07, 6.45) is -0.326. The van der Waals surface area contributed by atoms with E-state index < -0.39 is 18.3 Å². The Bertz CT molecular complexity index is 714. The molecule has 166 valence electrons. The minimum Gasteiger partial charge on any atom is -0.497 e. The number of nitrogens with zero attached hydrogens (tertiary/aromatic N) is 1. The van der Waals surface area contributed by atoms with Crippen LogP contribution >= 0.6 is 0 Å². The number of methoxy groups -OCH3 is 1. The average Bonchev–Trinajstić information content (AvgIpc) is 3.29. The summed E-state index contributed by atoms with van der Waals surface area (Å²) in [5.41, 5.74) is 1.07. The van der Waals surface area contributed by atoms with Crippen LogP contribution in [0.2, 0.25) is 0 Å². The quantitative estimate of drug-likeness (QED) is 0.464. The number of hydrogen-bond donors (Lipinski definition) is 4. The van der Waals surface area contributed by atoms with Gasteiger partial charge in [0, 0.05) is 45.7 Å². The molecular weight excluding hydrogens is 388 g/mol. The molecule has 0 saturated carbocycles. The largest absolute Gasteiger partial charge is 0.497 e. The minimum absolute atomic E-state index is 0.0172. The maximum atomic E-state index is 12.2. The Labute approximate surface area is 177 Å². The summed E-state index contributed by atoms with van der Waals surface area (Å²) in [6.45, 7) is 4.71. The van der Waals surface area contributed by atoms with Crippen LogP contribution in [0.1, 0.15) is 18.9 Å². The lowest BCUT2D eigenvalue weighted by atomic mass is 10.0. The maximum Gasteiger partial charge on any atom is 0.407 e. The lowest BCUT2D eigenvalue weighted by Crippen LogP contribution is -2.43. The molecule has 3 rings (SSSR count). The Hall–Kier alpha value is -2.36. The second-order valence-electron chi connectivity index (χ2n) is 7.92. The molecule has 0 spiro atoms. The van der Waals surface area contributed by atoms with Crippen LogP contribution in [0, 0.1) is 0 Å². The number of aliphatic hydroxyl groups excluding tert-OH is 1. The van der Waals surface area contributed by atoms with Crippen LogP contribution in [0.4, 0.5) is 4.79 Å². The highest BCUT2D eigenvalue weighted by Gasteiger charge is 2.37. The highest BCUT2D eigenvalue weighted by molar-refractivity contribution is 5.73. The first kappa shape index (κ1) is 22.3. The highest BCUT2D eigenvalue weighted by Crippen LogP contribution is 2.19. The van der Waals surface area contributed by atoms with Gasteiger partial charge in [0.25, 0.3) is 0 Å². The van der Waals surface area contributed by atoms with Gasteiger partial charge in [-0.1, -0.05) is 12.1 Å². The molecule has 2 heterocycles. The zero-order chi connectivity index (χ0) is 21.5. The summed E-state index contributed by atoms with van der Waals surface area (Å²) in [6, 6.07) is 7.72. The lowest BCUT2D eigenvalue weighted by Gasteiger charge is -2.23. The number of β-amino-alcohol motifs (C(OH)–C–C–N with tert-alkyl or cyclic N) is 1. The fourth-order valence-electron chi connectivity index (χ4n) is 4.06. The monoisotopic (exact) mass is 420 g/mol. The summed E-state index contributed by atoms with van der Waals surface area (Å²) in [7, 11) is 1.62. The van der Waals surface area contributed by atoms with Gasteiger partial charge in [-0.25, -0.2) is 4.79 Å². The predicted octanol–water partition coefficient (Wildman–Crippen LogP) is -0.124. The zero-order valence-electron chi connectivity index (χ0n) is 17.6. The Morgan fingerprint density at radius 3 is 2.77 bits per heavy atom. The van der Waals surface area contributed by atoms with Crippen LogP contribution in [0.3, 0.4) is 0 Å². The molecule has 2 saturated heterocycles. The van der Waals surface area contributed by atoms with Crippen molar-refractivity contribution in [2.75, 3.05) is 39.8 Å². The lowest BCUT2D eigenvalue weighted by molar-refractivity contribution is -0.119. The molecule has 30 heavy (non-hydrogen) atoms. The van der Waals surface area contributed by atoms with Crippen LogP contribution in [-0.4, -0.2) is 86.1 Å². The summed E-state index contributed by atoms with van der Waals surface area (Å²) < 4.78 is 10.7. The van der Waals surface area contributed by atoms with Crippen LogP contribution in [-0.2, 0) is 16.0 Å². The fourth-order valence-corrected chi connectivity index (χ4v) is 4.06. The number of aliphatic hydroxyl groups is 1. The Morgan fingerprint density at radius 1 is 1.30 bits per heavy atom. The highest BCUT2D eigenvalue weighted by atomic mass is 16.6. The van der Waals surface area contributed by atoms with E-state index in [4.69, 9.17) is 9.47 Å². The van der Waals surface area contributed by atoms with E-state index in [1.807, 2.05) is 24.3 Å². The van der Waals surface area contributed by atoms with Gasteiger partial charge in [-0.2, -0.15) is 0 Å². The molecule has 2 amide bonds. The number of likely N-dealkylation sites (tertiary alicyclic amines) is 1. The molecule has 2 aliphatic rings. The molecule has 2 aliphatic heterocycles. The van der Waals surface area contributed by atoms with E-state index in [-0.39, 0.29) is 18.0 Å². The fraction of sp³-hybridized carbons (Fsp3) is 0.619.